The van der Waals surface area contributed by atoms with Crippen molar-refractivity contribution in [2.45, 2.75) is 38.8 Å². The molecule has 1 fully saturated rings. The Labute approximate surface area is 142 Å². The highest BCUT2D eigenvalue weighted by Crippen LogP contribution is 2.29. The molecule has 6 heteroatoms. The van der Waals surface area contributed by atoms with Gasteiger partial charge in [-0.3, -0.25) is 9.59 Å². The number of carbonyl (C=O) groups is 2. The first-order chi connectivity index (χ1) is 11.5. The van der Waals surface area contributed by atoms with Gasteiger partial charge in [-0.2, -0.15) is 0 Å². The number of rotatable bonds is 6. The fourth-order valence-corrected chi connectivity index (χ4v) is 2.96. The van der Waals surface area contributed by atoms with Crippen molar-refractivity contribution >= 4 is 17.5 Å². The predicted octanol–water partition coefficient (Wildman–Crippen LogP) is 1.95. The normalized spacial score (nSPS) is 21.2. The highest BCUT2D eigenvalue weighted by atomic mass is 16.5. The Morgan fingerprint density at radius 3 is 2.50 bits per heavy atom. The summed E-state index contributed by atoms with van der Waals surface area (Å²) >= 11 is 0. The maximum absolute atomic E-state index is 12.1. The zero-order chi connectivity index (χ0) is 17.7. The van der Waals surface area contributed by atoms with Crippen LogP contribution in [0.2, 0.25) is 0 Å². The molecule has 1 aliphatic heterocycles. The summed E-state index contributed by atoms with van der Waals surface area (Å²) in [6.45, 7) is 3.85. The molecule has 1 aliphatic rings. The molecule has 0 spiro atoms. The van der Waals surface area contributed by atoms with Crippen molar-refractivity contribution in [2.75, 3.05) is 25.6 Å². The molecule has 6 nitrogen and oxygen atoms in total. The van der Waals surface area contributed by atoms with E-state index < -0.39 is 6.04 Å². The molecule has 1 saturated heterocycles. The Kier molecular flexibility index (Phi) is 6.34. The zero-order valence-corrected chi connectivity index (χ0v) is 14.5. The van der Waals surface area contributed by atoms with Gasteiger partial charge in [0.1, 0.15) is 12.7 Å². The molecule has 2 unspecified atom stereocenters. The van der Waals surface area contributed by atoms with Crippen LogP contribution in [0.5, 0.6) is 0 Å². The number of nitrogens with one attached hydrogen (secondary N) is 1. The van der Waals surface area contributed by atoms with Crippen LogP contribution in [0.15, 0.2) is 24.3 Å². The van der Waals surface area contributed by atoms with E-state index in [9.17, 15) is 14.7 Å². The van der Waals surface area contributed by atoms with Crippen LogP contribution in [-0.4, -0.2) is 48.1 Å². The van der Waals surface area contributed by atoms with Crippen molar-refractivity contribution < 1.29 is 19.4 Å². The van der Waals surface area contributed by atoms with Crippen LogP contribution in [0.25, 0.3) is 0 Å². The van der Waals surface area contributed by atoms with E-state index in [-0.39, 0.29) is 37.0 Å². The van der Waals surface area contributed by atoms with Gasteiger partial charge in [0.2, 0.25) is 11.8 Å². The first-order valence-corrected chi connectivity index (χ1v) is 8.40. The summed E-state index contributed by atoms with van der Waals surface area (Å²) in [6, 6.07) is 6.96. The van der Waals surface area contributed by atoms with Gasteiger partial charge in [0.05, 0.1) is 12.6 Å². The van der Waals surface area contributed by atoms with Gasteiger partial charge in [-0.05, 0) is 30.5 Å². The van der Waals surface area contributed by atoms with Crippen LogP contribution < -0.4 is 5.32 Å². The predicted molar refractivity (Wildman–Crippen MR) is 91.5 cm³/mol. The SMILES string of the molecule is CCC(CC)C(=O)Nc1ccc(C2OCC(=O)N(C)C2CO)cc1. The molecule has 132 valence electrons. The van der Waals surface area contributed by atoms with Crippen molar-refractivity contribution in [1.82, 2.24) is 4.90 Å². The average Bonchev–Trinajstić information content (AvgIpc) is 2.59. The highest BCUT2D eigenvalue weighted by Gasteiger charge is 2.34. The summed E-state index contributed by atoms with van der Waals surface area (Å²) in [7, 11) is 1.67. The molecule has 2 N–H and O–H groups in total. The van der Waals surface area contributed by atoms with E-state index >= 15 is 0 Å². The molecule has 24 heavy (non-hydrogen) atoms. The molecule has 2 atom stereocenters. The second kappa shape index (κ2) is 8.26. The van der Waals surface area contributed by atoms with E-state index in [2.05, 4.69) is 5.32 Å². The van der Waals surface area contributed by atoms with Crippen LogP contribution in [0.4, 0.5) is 5.69 Å². The first kappa shape index (κ1) is 18.4. The minimum atomic E-state index is -0.406. The number of benzene rings is 1. The van der Waals surface area contributed by atoms with E-state index in [0.717, 1.165) is 24.1 Å². The Morgan fingerprint density at radius 2 is 1.96 bits per heavy atom. The summed E-state index contributed by atoms with van der Waals surface area (Å²) in [5, 5.41) is 12.5. The van der Waals surface area contributed by atoms with Crippen molar-refractivity contribution in [3.8, 4) is 0 Å². The molecular formula is C18H26N2O4. The fourth-order valence-electron chi connectivity index (χ4n) is 2.96. The lowest BCUT2D eigenvalue weighted by molar-refractivity contribution is -0.157. The number of amides is 2. The average molecular weight is 334 g/mol. The van der Waals surface area contributed by atoms with E-state index in [1.54, 1.807) is 7.05 Å². The standard InChI is InChI=1S/C18H26N2O4/c1-4-12(5-2)18(23)19-14-8-6-13(7-9-14)17-15(10-21)20(3)16(22)11-24-17/h6-9,12,15,17,21H,4-5,10-11H2,1-3H3,(H,19,23). The Bertz CT molecular complexity index is 569. The van der Waals surface area contributed by atoms with Crippen LogP contribution in [0, 0.1) is 5.92 Å². The molecule has 0 radical (unpaired) electrons. The number of nitrogens with zero attached hydrogens (tertiary/aromatic N) is 1. The Morgan fingerprint density at radius 1 is 1.33 bits per heavy atom. The minimum Gasteiger partial charge on any atom is -0.394 e. The molecular weight excluding hydrogens is 308 g/mol. The van der Waals surface area contributed by atoms with Gasteiger partial charge in [-0.15, -0.1) is 0 Å². The maximum Gasteiger partial charge on any atom is 0.248 e. The monoisotopic (exact) mass is 334 g/mol. The Hall–Kier alpha value is -1.92. The summed E-state index contributed by atoms with van der Waals surface area (Å²) in [4.78, 5) is 25.3. The first-order valence-electron chi connectivity index (χ1n) is 8.40. The third kappa shape index (κ3) is 3.94. The molecule has 2 rings (SSSR count). The molecule has 0 aliphatic carbocycles. The largest absolute Gasteiger partial charge is 0.394 e. The lowest BCUT2D eigenvalue weighted by atomic mass is 9.99. The summed E-state index contributed by atoms with van der Waals surface area (Å²) in [6.07, 6.45) is 1.26. The molecule has 0 aromatic heterocycles. The third-order valence-electron chi connectivity index (χ3n) is 4.68. The third-order valence-corrected chi connectivity index (χ3v) is 4.68. The van der Waals surface area contributed by atoms with Crippen molar-refractivity contribution in [1.29, 1.82) is 0 Å². The number of aliphatic hydroxyl groups is 1. The molecule has 1 aromatic rings. The second-order valence-corrected chi connectivity index (χ2v) is 6.11. The number of hydrogen-bond acceptors (Lipinski definition) is 4. The van der Waals surface area contributed by atoms with Crippen LogP contribution in [0.3, 0.4) is 0 Å². The van der Waals surface area contributed by atoms with Crippen molar-refractivity contribution in [3.05, 3.63) is 29.8 Å². The van der Waals surface area contributed by atoms with Gasteiger partial charge < -0.3 is 20.1 Å². The molecule has 0 bridgehead atoms. The van der Waals surface area contributed by atoms with Crippen LogP contribution in [-0.2, 0) is 14.3 Å². The summed E-state index contributed by atoms with van der Waals surface area (Å²) in [5.41, 5.74) is 1.60. The molecule has 0 saturated carbocycles. The quantitative estimate of drug-likeness (QED) is 0.833. The van der Waals surface area contributed by atoms with Gasteiger partial charge >= 0.3 is 0 Å². The van der Waals surface area contributed by atoms with E-state index in [4.69, 9.17) is 4.74 Å². The number of morpholine rings is 1. The summed E-state index contributed by atoms with van der Waals surface area (Å²) in [5.74, 6) is -0.0932. The van der Waals surface area contributed by atoms with Crippen LogP contribution in [0.1, 0.15) is 38.4 Å². The van der Waals surface area contributed by atoms with Gasteiger partial charge in [0.15, 0.2) is 0 Å². The van der Waals surface area contributed by atoms with Gasteiger partial charge in [0, 0.05) is 18.7 Å². The lowest BCUT2D eigenvalue weighted by Gasteiger charge is -2.38. The van der Waals surface area contributed by atoms with Gasteiger partial charge in [-0.1, -0.05) is 26.0 Å². The highest BCUT2D eigenvalue weighted by molar-refractivity contribution is 5.92. The van der Waals surface area contributed by atoms with Crippen molar-refractivity contribution in [3.63, 3.8) is 0 Å². The zero-order valence-electron chi connectivity index (χ0n) is 14.5. The molecule has 2 amide bonds. The molecule has 1 aromatic carbocycles. The number of anilines is 1. The van der Waals surface area contributed by atoms with E-state index in [1.165, 1.54) is 4.90 Å². The maximum atomic E-state index is 12.1. The fraction of sp³-hybridized carbons (Fsp3) is 0.556. The van der Waals surface area contributed by atoms with E-state index in [1.807, 2.05) is 38.1 Å². The van der Waals surface area contributed by atoms with Gasteiger partial charge in [0.25, 0.3) is 0 Å². The van der Waals surface area contributed by atoms with Crippen molar-refractivity contribution in [2.24, 2.45) is 5.92 Å². The topological polar surface area (TPSA) is 78.9 Å². The summed E-state index contributed by atoms with van der Waals surface area (Å²) < 4.78 is 5.61. The molecule has 1 heterocycles. The van der Waals surface area contributed by atoms with E-state index in [0.29, 0.717) is 0 Å². The lowest BCUT2D eigenvalue weighted by Crippen LogP contribution is -2.50. The number of likely N-dealkylation sites (N-methyl/N-ethyl adjacent to an activating group) is 1. The number of hydrogen-bond donors (Lipinski definition) is 2. The number of aliphatic hydroxyl groups excluding tert-OH is 1. The number of ether oxygens (including phenoxy) is 1. The minimum absolute atomic E-state index is 0.00480. The Balaban J connectivity index is 2.08. The van der Waals surface area contributed by atoms with Crippen LogP contribution >= 0.6 is 0 Å². The van der Waals surface area contributed by atoms with Gasteiger partial charge in [-0.25, -0.2) is 0 Å². The number of carbonyl (C=O) groups excluding carboxylic acids is 2. The smallest absolute Gasteiger partial charge is 0.248 e. The second-order valence-electron chi connectivity index (χ2n) is 6.11.